The Bertz CT molecular complexity index is 1480. The highest BCUT2D eigenvalue weighted by Crippen LogP contribution is 2.53. The van der Waals surface area contributed by atoms with Crippen molar-refractivity contribution in [2.45, 2.75) is 18.8 Å². The molecule has 0 aliphatic rings. The molecule has 192 valence electrons. The summed E-state index contributed by atoms with van der Waals surface area (Å²) in [5.74, 6) is -0.351. The normalized spacial score (nSPS) is 12.0. The van der Waals surface area contributed by atoms with Gasteiger partial charge in [-0.15, -0.1) is 0 Å². The highest BCUT2D eigenvalue weighted by atomic mass is 31.2. The lowest BCUT2D eigenvalue weighted by Crippen LogP contribution is -2.39. The second-order valence-electron chi connectivity index (χ2n) is 8.63. The summed E-state index contributed by atoms with van der Waals surface area (Å²) >= 11 is 0. The predicted octanol–water partition coefficient (Wildman–Crippen LogP) is 7.31. The number of amides is 1. The summed E-state index contributed by atoms with van der Waals surface area (Å²) in [5, 5.41) is 3.73. The van der Waals surface area contributed by atoms with Crippen molar-refractivity contribution in [1.82, 2.24) is 10.3 Å². The number of fused-ring (bicyclic) bond motifs is 1. The molecule has 1 aromatic heterocycles. The molecule has 0 radical (unpaired) electrons. The van der Waals surface area contributed by atoms with Gasteiger partial charge in [0.25, 0.3) is 0 Å². The predicted molar refractivity (Wildman–Crippen MR) is 147 cm³/mol. The van der Waals surface area contributed by atoms with E-state index in [0.29, 0.717) is 11.5 Å². The molecule has 1 heterocycles. The van der Waals surface area contributed by atoms with Gasteiger partial charge in [-0.05, 0) is 41.5 Å². The van der Waals surface area contributed by atoms with Gasteiger partial charge < -0.3 is 24.1 Å². The van der Waals surface area contributed by atoms with Crippen LogP contribution in [0.4, 0.5) is 4.79 Å². The maximum absolute atomic E-state index is 14.6. The Morgan fingerprint density at radius 2 is 1.32 bits per heavy atom. The molecule has 0 fully saturated rings. The van der Waals surface area contributed by atoms with Crippen molar-refractivity contribution in [3.8, 4) is 11.5 Å². The molecule has 0 aliphatic heterocycles. The van der Waals surface area contributed by atoms with Crippen molar-refractivity contribution < 1.29 is 23.1 Å². The number of ether oxygens (including phenoxy) is 1. The average Bonchev–Trinajstić information content (AvgIpc) is 3.36. The maximum Gasteiger partial charge on any atom is 0.453 e. The number of aromatic nitrogens is 1. The van der Waals surface area contributed by atoms with E-state index in [9.17, 15) is 9.36 Å². The fourth-order valence-corrected chi connectivity index (χ4v) is 5.86. The van der Waals surface area contributed by atoms with E-state index in [1.165, 1.54) is 0 Å². The van der Waals surface area contributed by atoms with E-state index in [0.717, 1.165) is 22.0 Å². The molecule has 5 aromatic rings. The molecule has 1 unspecified atom stereocenters. The van der Waals surface area contributed by atoms with Crippen LogP contribution in [0.2, 0.25) is 0 Å². The Hall–Kier alpha value is -4.48. The second-order valence-corrected chi connectivity index (χ2v) is 10.7. The standard InChI is InChI=1S/C30H27N2O5P/c33-30(35-22-23-12-4-1-5-13-23)32-29(20-24-21-31-28-19-11-10-18-27(24)28)38(34,36-25-14-6-2-7-15-25)37-26-16-8-3-9-17-26/h1-19,21,29,31H,20,22H2,(H,32,33). The number of carbonyl (C=O) groups is 1. The molecule has 0 spiro atoms. The number of hydrogen-bond donors (Lipinski definition) is 2. The molecular formula is C30H27N2O5P. The molecule has 5 rings (SSSR count). The quantitative estimate of drug-likeness (QED) is 0.186. The molecule has 7 nitrogen and oxygen atoms in total. The van der Waals surface area contributed by atoms with Gasteiger partial charge in [-0.2, -0.15) is 0 Å². The third-order valence-electron chi connectivity index (χ3n) is 5.92. The van der Waals surface area contributed by atoms with Crippen LogP contribution in [0.1, 0.15) is 11.1 Å². The van der Waals surface area contributed by atoms with Crippen molar-refractivity contribution >= 4 is 24.6 Å². The first kappa shape index (κ1) is 25.2. The first-order chi connectivity index (χ1) is 18.6. The maximum atomic E-state index is 14.6. The summed E-state index contributed by atoms with van der Waals surface area (Å²) in [5.41, 5.74) is 2.61. The number of rotatable bonds is 10. The van der Waals surface area contributed by atoms with Crippen molar-refractivity contribution in [2.75, 3.05) is 0 Å². The summed E-state index contributed by atoms with van der Waals surface area (Å²) in [6.45, 7) is 0.0653. The van der Waals surface area contributed by atoms with Crippen LogP contribution in [0.3, 0.4) is 0 Å². The topological polar surface area (TPSA) is 89.7 Å². The lowest BCUT2D eigenvalue weighted by Gasteiger charge is -2.28. The molecule has 4 aromatic carbocycles. The minimum atomic E-state index is -4.07. The van der Waals surface area contributed by atoms with Gasteiger partial charge in [0, 0.05) is 23.5 Å². The molecule has 0 saturated heterocycles. The van der Waals surface area contributed by atoms with Crippen molar-refractivity contribution in [3.63, 3.8) is 0 Å². The van der Waals surface area contributed by atoms with Gasteiger partial charge in [-0.25, -0.2) is 9.36 Å². The Morgan fingerprint density at radius 1 is 0.763 bits per heavy atom. The van der Waals surface area contributed by atoms with E-state index < -0.39 is 19.5 Å². The average molecular weight is 527 g/mol. The van der Waals surface area contributed by atoms with E-state index in [-0.39, 0.29) is 13.0 Å². The van der Waals surface area contributed by atoms with Gasteiger partial charge in [-0.1, -0.05) is 84.9 Å². The van der Waals surface area contributed by atoms with E-state index in [1.807, 2.05) is 72.9 Å². The summed E-state index contributed by atoms with van der Waals surface area (Å²) < 4.78 is 32.2. The number of aromatic amines is 1. The van der Waals surface area contributed by atoms with Crippen LogP contribution in [0.15, 0.2) is 121 Å². The van der Waals surface area contributed by atoms with E-state index >= 15 is 0 Å². The van der Waals surface area contributed by atoms with Gasteiger partial charge >= 0.3 is 13.7 Å². The van der Waals surface area contributed by atoms with Gasteiger partial charge in [0.2, 0.25) is 0 Å². The van der Waals surface area contributed by atoms with Crippen LogP contribution >= 0.6 is 7.60 Å². The lowest BCUT2D eigenvalue weighted by molar-refractivity contribution is 0.137. The number of alkyl carbamates (subject to hydrolysis) is 1. The van der Waals surface area contributed by atoms with Gasteiger partial charge in [-0.3, -0.25) is 0 Å². The minimum absolute atomic E-state index is 0.0653. The first-order valence-corrected chi connectivity index (χ1v) is 13.8. The van der Waals surface area contributed by atoms with Gasteiger partial charge in [0.15, 0.2) is 5.78 Å². The minimum Gasteiger partial charge on any atom is -0.445 e. The molecule has 0 bridgehead atoms. The summed E-state index contributed by atoms with van der Waals surface area (Å²) in [7, 11) is -4.07. The molecule has 0 saturated carbocycles. The Balaban J connectivity index is 1.47. The number of hydrogen-bond acceptors (Lipinski definition) is 5. The number of benzene rings is 4. The fraction of sp³-hybridized carbons (Fsp3) is 0.100. The van der Waals surface area contributed by atoms with E-state index in [1.54, 1.807) is 48.5 Å². The van der Waals surface area contributed by atoms with E-state index in [2.05, 4.69) is 10.3 Å². The van der Waals surface area contributed by atoms with Crippen LogP contribution in [0.25, 0.3) is 10.9 Å². The molecule has 0 aliphatic carbocycles. The van der Waals surface area contributed by atoms with Crippen LogP contribution in [0, 0.1) is 0 Å². The van der Waals surface area contributed by atoms with Crippen LogP contribution in [-0.2, 0) is 22.3 Å². The number of para-hydroxylation sites is 3. The SMILES string of the molecule is O=C(NC(Cc1c[nH]c2ccccc12)P(=O)(Oc1ccccc1)Oc1ccccc1)OCc1ccccc1. The number of nitrogens with one attached hydrogen (secondary N) is 2. The van der Waals surface area contributed by atoms with Crippen molar-refractivity contribution in [3.05, 3.63) is 133 Å². The molecule has 1 atom stereocenters. The second kappa shape index (κ2) is 11.7. The van der Waals surface area contributed by atoms with Crippen LogP contribution in [-0.4, -0.2) is 16.9 Å². The van der Waals surface area contributed by atoms with Crippen molar-refractivity contribution in [1.29, 1.82) is 0 Å². The van der Waals surface area contributed by atoms with Gasteiger partial charge in [0.1, 0.15) is 18.1 Å². The fourth-order valence-electron chi connectivity index (χ4n) is 4.05. The highest BCUT2D eigenvalue weighted by Gasteiger charge is 2.41. The zero-order valence-electron chi connectivity index (χ0n) is 20.5. The van der Waals surface area contributed by atoms with Crippen LogP contribution in [0.5, 0.6) is 11.5 Å². The van der Waals surface area contributed by atoms with Crippen LogP contribution < -0.4 is 14.4 Å². The summed E-state index contributed by atoms with van der Waals surface area (Å²) in [6, 6.07) is 34.7. The van der Waals surface area contributed by atoms with Gasteiger partial charge in [0.05, 0.1) is 0 Å². The van der Waals surface area contributed by atoms with Crippen molar-refractivity contribution in [2.24, 2.45) is 0 Å². The molecule has 38 heavy (non-hydrogen) atoms. The first-order valence-electron chi connectivity index (χ1n) is 12.2. The van der Waals surface area contributed by atoms with E-state index in [4.69, 9.17) is 13.8 Å². The molecule has 1 amide bonds. The Labute approximate surface area is 220 Å². The molecule has 2 N–H and O–H groups in total. The third-order valence-corrected chi connectivity index (χ3v) is 7.92. The summed E-state index contributed by atoms with van der Waals surface area (Å²) in [6.07, 6.45) is 1.28. The lowest BCUT2D eigenvalue weighted by atomic mass is 10.1. The monoisotopic (exact) mass is 526 g/mol. The Kier molecular flexibility index (Phi) is 7.76. The highest BCUT2D eigenvalue weighted by molar-refractivity contribution is 7.55. The third kappa shape index (κ3) is 6.25. The number of carbonyl (C=O) groups excluding carboxylic acids is 1. The summed E-state index contributed by atoms with van der Waals surface area (Å²) in [4.78, 5) is 16.2. The molecular weight excluding hydrogens is 499 g/mol. The number of H-pyrrole nitrogens is 1. The Morgan fingerprint density at radius 3 is 1.95 bits per heavy atom. The zero-order chi connectivity index (χ0) is 26.2. The zero-order valence-corrected chi connectivity index (χ0v) is 21.4. The smallest absolute Gasteiger partial charge is 0.445 e. The largest absolute Gasteiger partial charge is 0.453 e. The molecule has 8 heteroatoms.